The minimum Gasteiger partial charge on any atom is -0.458 e. The molecular weight excluding hydrogens is 352 g/mol. The van der Waals surface area contributed by atoms with Crippen LogP contribution in [0.15, 0.2) is 35.5 Å². The number of Topliss-reactive ketones (excluding diaryl/α,β-unsaturated/α-hetero) is 1. The van der Waals surface area contributed by atoms with Gasteiger partial charge in [0.25, 0.3) is 0 Å². The summed E-state index contributed by atoms with van der Waals surface area (Å²) in [4.78, 5) is 36.8. The molecule has 0 amide bonds. The van der Waals surface area contributed by atoms with E-state index < -0.39 is 47.6 Å². The molecule has 5 unspecified atom stereocenters. The zero-order valence-corrected chi connectivity index (χ0v) is 16.0. The Morgan fingerprint density at radius 1 is 1.44 bits per heavy atom. The number of ether oxygens (including phenoxy) is 2. The number of esters is 2. The smallest absolute Gasteiger partial charge is 0.334 e. The molecule has 0 spiro atoms. The lowest BCUT2D eigenvalue weighted by Gasteiger charge is -2.33. The number of hydrogen-bond donors (Lipinski definition) is 2. The quantitative estimate of drug-likeness (QED) is 0.424. The van der Waals surface area contributed by atoms with Gasteiger partial charge in [0, 0.05) is 24.0 Å². The molecule has 0 aromatic heterocycles. The van der Waals surface area contributed by atoms with Gasteiger partial charge in [-0.3, -0.25) is 4.79 Å². The Bertz CT molecular complexity index is 729. The van der Waals surface area contributed by atoms with Gasteiger partial charge in [0.05, 0.1) is 12.0 Å². The minimum absolute atomic E-state index is 0.0956. The van der Waals surface area contributed by atoms with Crippen LogP contribution in [0.4, 0.5) is 0 Å². The highest BCUT2D eigenvalue weighted by Gasteiger charge is 2.48. The van der Waals surface area contributed by atoms with Gasteiger partial charge in [-0.2, -0.15) is 0 Å². The Hall–Kier alpha value is -2.25. The second kappa shape index (κ2) is 7.78. The summed E-state index contributed by atoms with van der Waals surface area (Å²) in [5.41, 5.74) is -0.983. The van der Waals surface area contributed by atoms with Gasteiger partial charge in [0.15, 0.2) is 5.78 Å². The Labute approximate surface area is 158 Å². The summed E-state index contributed by atoms with van der Waals surface area (Å²) >= 11 is 0. The van der Waals surface area contributed by atoms with Crippen molar-refractivity contribution in [3.8, 4) is 0 Å². The van der Waals surface area contributed by atoms with Crippen molar-refractivity contribution >= 4 is 17.7 Å². The fourth-order valence-corrected chi connectivity index (χ4v) is 3.20. The zero-order chi connectivity index (χ0) is 20.5. The molecule has 0 aromatic carbocycles. The number of carbonyl (C=O) groups is 3. The van der Waals surface area contributed by atoms with Crippen LogP contribution in [0.25, 0.3) is 0 Å². The Morgan fingerprint density at radius 3 is 2.67 bits per heavy atom. The summed E-state index contributed by atoms with van der Waals surface area (Å²) < 4.78 is 10.9. The lowest BCUT2D eigenvalue weighted by molar-refractivity contribution is -0.156. The van der Waals surface area contributed by atoms with Crippen molar-refractivity contribution in [2.75, 3.05) is 0 Å². The molecule has 148 valence electrons. The van der Waals surface area contributed by atoms with Gasteiger partial charge in [-0.1, -0.05) is 12.7 Å². The predicted octanol–water partition coefficient (Wildman–Crippen LogP) is 1.38. The maximum absolute atomic E-state index is 12.5. The van der Waals surface area contributed by atoms with E-state index in [1.807, 2.05) is 0 Å². The van der Waals surface area contributed by atoms with Gasteiger partial charge in [-0.05, 0) is 39.3 Å². The molecule has 7 heteroatoms. The van der Waals surface area contributed by atoms with Gasteiger partial charge in [0.2, 0.25) is 0 Å². The van der Waals surface area contributed by atoms with E-state index in [-0.39, 0.29) is 18.4 Å². The van der Waals surface area contributed by atoms with Gasteiger partial charge in [-0.15, -0.1) is 0 Å². The van der Waals surface area contributed by atoms with Crippen LogP contribution in [-0.4, -0.2) is 51.8 Å². The summed E-state index contributed by atoms with van der Waals surface area (Å²) in [6, 6.07) is 0. The van der Waals surface area contributed by atoms with E-state index in [9.17, 15) is 24.6 Å². The maximum atomic E-state index is 12.5. The van der Waals surface area contributed by atoms with Crippen molar-refractivity contribution < 1.29 is 34.1 Å². The average Bonchev–Trinajstić information content (AvgIpc) is 2.86. The molecule has 1 heterocycles. The van der Waals surface area contributed by atoms with Crippen LogP contribution in [-0.2, 0) is 23.9 Å². The molecule has 2 N–H and O–H groups in total. The molecule has 1 saturated heterocycles. The molecule has 2 rings (SSSR count). The third-order valence-corrected chi connectivity index (χ3v) is 5.21. The molecule has 0 aromatic rings. The third kappa shape index (κ3) is 4.36. The van der Waals surface area contributed by atoms with Crippen molar-refractivity contribution in [2.45, 2.75) is 64.4 Å². The van der Waals surface area contributed by atoms with Crippen molar-refractivity contribution in [1.29, 1.82) is 0 Å². The Morgan fingerprint density at radius 2 is 2.07 bits per heavy atom. The van der Waals surface area contributed by atoms with Crippen LogP contribution >= 0.6 is 0 Å². The molecular formula is C20H26O7. The van der Waals surface area contributed by atoms with Crippen molar-refractivity contribution in [3.05, 3.63) is 35.5 Å². The fourth-order valence-electron chi connectivity index (χ4n) is 3.20. The summed E-state index contributed by atoms with van der Waals surface area (Å²) in [7, 11) is 0. The summed E-state index contributed by atoms with van der Waals surface area (Å²) in [6.45, 7) is 9.91. The Balaban J connectivity index is 2.52. The van der Waals surface area contributed by atoms with E-state index in [0.29, 0.717) is 11.1 Å². The molecule has 1 aliphatic heterocycles. The van der Waals surface area contributed by atoms with E-state index in [4.69, 9.17) is 9.47 Å². The number of rotatable bonds is 2. The van der Waals surface area contributed by atoms with Crippen LogP contribution < -0.4 is 0 Å². The molecule has 0 bridgehead atoms. The largest absolute Gasteiger partial charge is 0.458 e. The number of ketones is 1. The highest BCUT2D eigenvalue weighted by molar-refractivity contribution is 5.92. The molecule has 2 aliphatic rings. The van der Waals surface area contributed by atoms with Crippen molar-refractivity contribution in [1.82, 2.24) is 0 Å². The van der Waals surface area contributed by atoms with E-state index in [2.05, 4.69) is 6.58 Å². The van der Waals surface area contributed by atoms with Crippen molar-refractivity contribution in [2.24, 2.45) is 5.92 Å². The summed E-state index contributed by atoms with van der Waals surface area (Å²) in [6.07, 6.45) is -0.346. The lowest BCUT2D eigenvalue weighted by atomic mass is 9.79. The first kappa shape index (κ1) is 21.1. The highest BCUT2D eigenvalue weighted by Crippen LogP contribution is 2.37. The molecule has 5 atom stereocenters. The Kier molecular flexibility index (Phi) is 6.07. The summed E-state index contributed by atoms with van der Waals surface area (Å²) in [5, 5.41) is 20.9. The number of allylic oxidation sites excluding steroid dienone is 1. The van der Waals surface area contributed by atoms with Gasteiger partial charge in [-0.25, -0.2) is 9.59 Å². The first-order valence-corrected chi connectivity index (χ1v) is 8.83. The van der Waals surface area contributed by atoms with Crippen LogP contribution in [0.1, 0.15) is 40.5 Å². The zero-order valence-electron chi connectivity index (χ0n) is 16.0. The monoisotopic (exact) mass is 378 g/mol. The predicted molar refractivity (Wildman–Crippen MR) is 96.4 cm³/mol. The van der Waals surface area contributed by atoms with Gasteiger partial charge < -0.3 is 19.7 Å². The molecule has 27 heavy (non-hydrogen) atoms. The first-order chi connectivity index (χ1) is 12.5. The summed E-state index contributed by atoms with van der Waals surface area (Å²) in [5.74, 6) is -2.61. The lowest BCUT2D eigenvalue weighted by Crippen LogP contribution is -2.46. The SMILES string of the molecule is C=C1C(=O)OC2C=C(C)C(O)CC(=O)C(C)(O)CC(OC(=O)C(C)=CC)C12. The highest BCUT2D eigenvalue weighted by atomic mass is 16.6. The van der Waals surface area contributed by atoms with E-state index in [1.54, 1.807) is 32.9 Å². The second-order valence-electron chi connectivity index (χ2n) is 7.37. The molecule has 7 nitrogen and oxygen atoms in total. The number of fused-ring (bicyclic) bond motifs is 1. The van der Waals surface area contributed by atoms with Crippen LogP contribution in [0, 0.1) is 5.92 Å². The van der Waals surface area contributed by atoms with Crippen LogP contribution in [0.2, 0.25) is 0 Å². The van der Waals surface area contributed by atoms with Crippen LogP contribution in [0.3, 0.4) is 0 Å². The number of aliphatic hydroxyl groups excluding tert-OH is 1. The van der Waals surface area contributed by atoms with Crippen molar-refractivity contribution in [3.63, 3.8) is 0 Å². The first-order valence-electron chi connectivity index (χ1n) is 8.83. The number of hydrogen-bond acceptors (Lipinski definition) is 7. The second-order valence-corrected chi connectivity index (χ2v) is 7.37. The van der Waals surface area contributed by atoms with Gasteiger partial charge in [0.1, 0.15) is 17.8 Å². The normalized spacial score (nSPS) is 35.3. The van der Waals surface area contributed by atoms with Gasteiger partial charge >= 0.3 is 11.9 Å². The minimum atomic E-state index is -1.86. The van der Waals surface area contributed by atoms with Crippen LogP contribution in [0.5, 0.6) is 0 Å². The standard InChI is InChI=1S/C20H26O7/c1-6-10(2)18(23)27-15-9-20(5,25)16(22)8-13(21)11(3)7-14-17(15)12(4)19(24)26-14/h6-7,13-15,17,21,25H,4,8-9H2,1-3,5H3. The number of aliphatic hydroxyl groups is 2. The maximum Gasteiger partial charge on any atom is 0.334 e. The van der Waals surface area contributed by atoms with E-state index >= 15 is 0 Å². The molecule has 1 fully saturated rings. The third-order valence-electron chi connectivity index (χ3n) is 5.21. The number of carbonyl (C=O) groups excluding carboxylic acids is 3. The molecule has 0 saturated carbocycles. The average molecular weight is 378 g/mol. The fraction of sp³-hybridized carbons (Fsp3) is 0.550. The molecule has 1 aliphatic carbocycles. The van der Waals surface area contributed by atoms with E-state index in [0.717, 1.165) is 0 Å². The topological polar surface area (TPSA) is 110 Å². The van der Waals surface area contributed by atoms with E-state index in [1.165, 1.54) is 6.92 Å². The molecule has 0 radical (unpaired) electrons.